The monoisotopic (exact) mass is 493 g/mol. The largest absolute Gasteiger partial charge is 0.451 e. The average molecular weight is 494 g/mol. The van der Waals surface area contributed by atoms with Crippen LogP contribution in [0.3, 0.4) is 0 Å². The van der Waals surface area contributed by atoms with Gasteiger partial charge in [0.1, 0.15) is 6.04 Å². The van der Waals surface area contributed by atoms with E-state index in [-0.39, 0.29) is 22.2 Å². The Morgan fingerprint density at radius 1 is 1.03 bits per heavy atom. The Kier molecular flexibility index (Phi) is 8.86. The van der Waals surface area contributed by atoms with Crippen LogP contribution in [0.4, 0.5) is 5.82 Å². The number of carbonyl (C=O) groups excluding carboxylic acids is 3. The first-order valence-corrected chi connectivity index (χ1v) is 11.3. The third-order valence-electron chi connectivity index (χ3n) is 4.93. The molecule has 2 N–H and O–H groups in total. The van der Waals surface area contributed by atoms with Gasteiger partial charge in [-0.15, -0.1) is 0 Å². The Hall–Kier alpha value is -2.64. The van der Waals surface area contributed by atoms with Crippen LogP contribution in [-0.2, 0) is 19.7 Å². The van der Waals surface area contributed by atoms with Gasteiger partial charge >= 0.3 is 5.97 Å². The molecule has 1 aromatic carbocycles. The normalized spacial score (nSPS) is 13.2. The van der Waals surface area contributed by atoms with Crippen molar-refractivity contribution in [3.05, 3.63) is 57.7 Å². The van der Waals surface area contributed by atoms with Gasteiger partial charge < -0.3 is 15.4 Å². The lowest BCUT2D eigenvalue weighted by atomic mass is 9.86. The number of amides is 2. The highest BCUT2D eigenvalue weighted by Gasteiger charge is 2.29. The molecule has 2 rings (SSSR count). The summed E-state index contributed by atoms with van der Waals surface area (Å²) in [5.74, 6) is -1.91. The molecule has 0 bridgehead atoms. The van der Waals surface area contributed by atoms with Crippen molar-refractivity contribution < 1.29 is 19.1 Å². The predicted octanol–water partition coefficient (Wildman–Crippen LogP) is 5.01. The van der Waals surface area contributed by atoms with Crippen LogP contribution in [0.15, 0.2) is 36.5 Å². The van der Waals surface area contributed by atoms with Crippen LogP contribution in [0.2, 0.25) is 10.0 Å². The second-order valence-electron chi connectivity index (χ2n) is 9.07. The van der Waals surface area contributed by atoms with E-state index in [1.807, 2.05) is 12.1 Å². The number of hydrogen-bond donors (Lipinski definition) is 2. The van der Waals surface area contributed by atoms with Gasteiger partial charge in [0, 0.05) is 11.8 Å². The molecule has 2 atom stereocenters. The van der Waals surface area contributed by atoms with Crippen LogP contribution in [0.5, 0.6) is 0 Å². The first-order chi connectivity index (χ1) is 15.3. The standard InChI is InChI=1S/C24H29Cl2N3O4/c1-13(2)19(28-22(31)15-7-9-16(10-8-15)24(4,5)6)23(32)33-14(3)21(30)29-20-18(26)11-17(25)12-27-20/h7-14,19H,1-6H3,(H,28,31)(H,27,29,30)/t14-,19+/m1/s1. The smallest absolute Gasteiger partial charge is 0.329 e. The number of benzene rings is 1. The van der Waals surface area contributed by atoms with E-state index >= 15 is 0 Å². The molecule has 2 aromatic rings. The zero-order valence-corrected chi connectivity index (χ0v) is 21.0. The third-order valence-corrected chi connectivity index (χ3v) is 5.43. The van der Waals surface area contributed by atoms with Gasteiger partial charge in [-0.1, -0.05) is 70.0 Å². The molecule has 0 aliphatic carbocycles. The lowest BCUT2D eigenvalue weighted by Gasteiger charge is -2.23. The van der Waals surface area contributed by atoms with Crippen LogP contribution in [0.25, 0.3) is 0 Å². The summed E-state index contributed by atoms with van der Waals surface area (Å²) in [5.41, 5.74) is 1.48. The first-order valence-electron chi connectivity index (χ1n) is 10.5. The zero-order valence-electron chi connectivity index (χ0n) is 19.5. The van der Waals surface area contributed by atoms with Crippen molar-refractivity contribution in [1.82, 2.24) is 10.3 Å². The van der Waals surface area contributed by atoms with E-state index < -0.39 is 29.9 Å². The van der Waals surface area contributed by atoms with Crippen molar-refractivity contribution in [3.8, 4) is 0 Å². The van der Waals surface area contributed by atoms with Crippen molar-refractivity contribution in [2.75, 3.05) is 5.32 Å². The second kappa shape index (κ2) is 11.0. The fourth-order valence-electron chi connectivity index (χ4n) is 2.87. The maximum atomic E-state index is 12.7. The number of nitrogens with one attached hydrogen (secondary N) is 2. The molecule has 0 saturated heterocycles. The lowest BCUT2D eigenvalue weighted by Crippen LogP contribution is -2.47. The van der Waals surface area contributed by atoms with Gasteiger partial charge in [-0.05, 0) is 42.0 Å². The van der Waals surface area contributed by atoms with Gasteiger partial charge in [-0.3, -0.25) is 9.59 Å². The maximum absolute atomic E-state index is 12.7. The summed E-state index contributed by atoms with van der Waals surface area (Å²) < 4.78 is 5.31. The molecule has 178 valence electrons. The van der Waals surface area contributed by atoms with Gasteiger partial charge in [0.05, 0.1) is 10.0 Å². The van der Waals surface area contributed by atoms with E-state index in [9.17, 15) is 14.4 Å². The molecule has 0 aliphatic heterocycles. The minimum atomic E-state index is -1.14. The maximum Gasteiger partial charge on any atom is 0.329 e. The number of pyridine rings is 1. The van der Waals surface area contributed by atoms with E-state index in [0.717, 1.165) is 5.56 Å². The van der Waals surface area contributed by atoms with Crippen molar-refractivity contribution in [1.29, 1.82) is 0 Å². The Morgan fingerprint density at radius 2 is 1.64 bits per heavy atom. The number of carbonyl (C=O) groups is 3. The molecule has 0 radical (unpaired) electrons. The number of halogens is 2. The summed E-state index contributed by atoms with van der Waals surface area (Å²) in [6, 6.07) is 7.71. The van der Waals surface area contributed by atoms with Crippen LogP contribution in [0, 0.1) is 5.92 Å². The lowest BCUT2D eigenvalue weighted by molar-refractivity contribution is -0.156. The van der Waals surface area contributed by atoms with Gasteiger partial charge in [-0.25, -0.2) is 9.78 Å². The highest BCUT2D eigenvalue weighted by molar-refractivity contribution is 6.36. The molecule has 9 heteroatoms. The van der Waals surface area contributed by atoms with Crippen molar-refractivity contribution in [2.24, 2.45) is 5.92 Å². The number of aromatic nitrogens is 1. The van der Waals surface area contributed by atoms with E-state index in [1.54, 1.807) is 26.0 Å². The topological polar surface area (TPSA) is 97.4 Å². The molecule has 2 amide bonds. The molecule has 33 heavy (non-hydrogen) atoms. The van der Waals surface area contributed by atoms with Gasteiger partial charge in [0.25, 0.3) is 11.8 Å². The fraction of sp³-hybridized carbons (Fsp3) is 0.417. The Balaban J connectivity index is 2.03. The molecule has 0 aliphatic rings. The average Bonchev–Trinajstić information content (AvgIpc) is 2.72. The van der Waals surface area contributed by atoms with Crippen LogP contribution < -0.4 is 10.6 Å². The van der Waals surface area contributed by atoms with Crippen LogP contribution >= 0.6 is 23.2 Å². The number of ether oxygens (including phenoxy) is 1. The number of rotatable bonds is 7. The van der Waals surface area contributed by atoms with Crippen molar-refractivity contribution in [2.45, 2.75) is 59.1 Å². The molecule has 0 fully saturated rings. The summed E-state index contributed by atoms with van der Waals surface area (Å²) in [5, 5.41) is 5.67. The van der Waals surface area contributed by atoms with Gasteiger partial charge in [-0.2, -0.15) is 0 Å². The van der Waals surface area contributed by atoms with Crippen molar-refractivity contribution in [3.63, 3.8) is 0 Å². The number of anilines is 1. The van der Waals surface area contributed by atoms with Crippen LogP contribution in [-0.4, -0.2) is 34.9 Å². The summed E-state index contributed by atoms with van der Waals surface area (Å²) in [4.78, 5) is 41.8. The Bertz CT molecular complexity index is 1020. The molecule has 1 heterocycles. The number of hydrogen-bond acceptors (Lipinski definition) is 5. The molecule has 7 nitrogen and oxygen atoms in total. The summed E-state index contributed by atoms with van der Waals surface area (Å²) in [6.07, 6.45) is 0.188. The minimum Gasteiger partial charge on any atom is -0.451 e. The summed E-state index contributed by atoms with van der Waals surface area (Å²) in [6.45, 7) is 11.2. The molecule has 0 spiro atoms. The second-order valence-corrected chi connectivity index (χ2v) is 9.92. The number of esters is 1. The number of nitrogens with zero attached hydrogens (tertiary/aromatic N) is 1. The quantitative estimate of drug-likeness (QED) is 0.528. The highest BCUT2D eigenvalue weighted by atomic mass is 35.5. The van der Waals surface area contributed by atoms with Gasteiger partial charge in [0.2, 0.25) is 0 Å². The molecule has 1 aromatic heterocycles. The van der Waals surface area contributed by atoms with Crippen LogP contribution in [0.1, 0.15) is 57.5 Å². The Labute approximate surface area is 204 Å². The highest BCUT2D eigenvalue weighted by Crippen LogP contribution is 2.23. The van der Waals surface area contributed by atoms with E-state index in [2.05, 4.69) is 36.4 Å². The van der Waals surface area contributed by atoms with E-state index in [0.29, 0.717) is 10.6 Å². The summed E-state index contributed by atoms with van der Waals surface area (Å²) in [7, 11) is 0. The first kappa shape index (κ1) is 26.6. The van der Waals surface area contributed by atoms with Crippen molar-refractivity contribution >= 4 is 46.8 Å². The van der Waals surface area contributed by atoms with E-state index in [1.165, 1.54) is 19.2 Å². The fourth-order valence-corrected chi connectivity index (χ4v) is 3.30. The third kappa shape index (κ3) is 7.44. The SMILES string of the molecule is CC(C)[C@H](NC(=O)c1ccc(C(C)(C)C)cc1)C(=O)O[C@H](C)C(=O)Nc1ncc(Cl)cc1Cl. The molecule has 0 saturated carbocycles. The Morgan fingerprint density at radius 3 is 2.15 bits per heavy atom. The molecule has 0 unspecified atom stereocenters. The summed E-state index contributed by atoms with van der Waals surface area (Å²) >= 11 is 11.8. The zero-order chi connectivity index (χ0) is 24.9. The minimum absolute atomic E-state index is 0.0399. The van der Waals surface area contributed by atoms with E-state index in [4.69, 9.17) is 27.9 Å². The van der Waals surface area contributed by atoms with Gasteiger partial charge in [0.15, 0.2) is 11.9 Å². The molecular formula is C24H29Cl2N3O4. The molecular weight excluding hydrogens is 465 g/mol. The predicted molar refractivity (Wildman–Crippen MR) is 130 cm³/mol.